The largest absolute Gasteiger partial charge is 0.432 e. The van der Waals surface area contributed by atoms with Crippen molar-refractivity contribution < 1.29 is 14.3 Å². The van der Waals surface area contributed by atoms with E-state index in [1.165, 1.54) is 0 Å². The molecule has 3 nitrogen and oxygen atoms in total. The summed E-state index contributed by atoms with van der Waals surface area (Å²) in [5, 5.41) is 0. The number of esters is 1. The van der Waals surface area contributed by atoms with Gasteiger partial charge in [0.05, 0.1) is 0 Å². The van der Waals surface area contributed by atoms with Gasteiger partial charge in [-0.2, -0.15) is 0 Å². The van der Waals surface area contributed by atoms with Crippen LogP contribution >= 0.6 is 0 Å². The van der Waals surface area contributed by atoms with E-state index in [1.807, 2.05) is 6.92 Å². The predicted molar refractivity (Wildman–Crippen MR) is 44.6 cm³/mol. The van der Waals surface area contributed by atoms with Gasteiger partial charge in [-0.3, -0.25) is 0 Å². The standard InChI is InChI=1S/C9H16O3/c1-5-6-9(4)7(10)11-8(2,3)12-9/h5-6H2,1-4H3. The summed E-state index contributed by atoms with van der Waals surface area (Å²) in [5.41, 5.74) is -0.724. The van der Waals surface area contributed by atoms with Gasteiger partial charge in [-0.15, -0.1) is 0 Å². The summed E-state index contributed by atoms with van der Waals surface area (Å²) in [6.07, 6.45) is 1.64. The number of ether oxygens (including phenoxy) is 2. The summed E-state index contributed by atoms with van der Waals surface area (Å²) in [6, 6.07) is 0. The zero-order valence-corrected chi connectivity index (χ0v) is 8.14. The Morgan fingerprint density at radius 1 is 1.33 bits per heavy atom. The highest BCUT2D eigenvalue weighted by Crippen LogP contribution is 2.34. The second-order valence-electron chi connectivity index (χ2n) is 3.87. The van der Waals surface area contributed by atoms with Crippen LogP contribution in [-0.4, -0.2) is 17.4 Å². The fourth-order valence-corrected chi connectivity index (χ4v) is 1.57. The number of cyclic esters (lactones) is 1. The Bertz CT molecular complexity index is 198. The lowest BCUT2D eigenvalue weighted by Crippen LogP contribution is -2.33. The average molecular weight is 172 g/mol. The topological polar surface area (TPSA) is 35.5 Å². The van der Waals surface area contributed by atoms with E-state index in [0.29, 0.717) is 0 Å². The number of rotatable bonds is 2. The predicted octanol–water partition coefficient (Wildman–Crippen LogP) is 1.85. The van der Waals surface area contributed by atoms with E-state index in [-0.39, 0.29) is 5.97 Å². The van der Waals surface area contributed by atoms with E-state index in [1.54, 1.807) is 20.8 Å². The molecule has 0 aromatic carbocycles. The van der Waals surface area contributed by atoms with Gasteiger partial charge in [-0.1, -0.05) is 13.3 Å². The molecule has 0 spiro atoms. The fraction of sp³-hybridized carbons (Fsp3) is 0.889. The van der Waals surface area contributed by atoms with Crippen molar-refractivity contribution in [2.45, 2.75) is 51.9 Å². The molecule has 0 bridgehead atoms. The first-order chi connectivity index (χ1) is 5.40. The van der Waals surface area contributed by atoms with Gasteiger partial charge >= 0.3 is 5.97 Å². The monoisotopic (exact) mass is 172 g/mol. The molecule has 1 rings (SSSR count). The maximum atomic E-state index is 11.4. The van der Waals surface area contributed by atoms with Crippen LogP contribution in [0.5, 0.6) is 0 Å². The lowest BCUT2D eigenvalue weighted by atomic mass is 10.0. The van der Waals surface area contributed by atoms with Crippen LogP contribution in [0.25, 0.3) is 0 Å². The Hall–Kier alpha value is -0.570. The van der Waals surface area contributed by atoms with E-state index >= 15 is 0 Å². The number of hydrogen-bond donors (Lipinski definition) is 0. The molecule has 1 unspecified atom stereocenters. The Kier molecular flexibility index (Phi) is 2.17. The summed E-state index contributed by atoms with van der Waals surface area (Å²) in [4.78, 5) is 11.4. The molecule has 1 aliphatic rings. The second-order valence-corrected chi connectivity index (χ2v) is 3.87. The van der Waals surface area contributed by atoms with Crippen LogP contribution in [0, 0.1) is 0 Å². The van der Waals surface area contributed by atoms with Crippen molar-refractivity contribution in [3.05, 3.63) is 0 Å². The molecular weight excluding hydrogens is 156 g/mol. The molecule has 0 amide bonds. The van der Waals surface area contributed by atoms with E-state index in [2.05, 4.69) is 0 Å². The minimum atomic E-state index is -0.749. The van der Waals surface area contributed by atoms with Crippen LogP contribution in [0.2, 0.25) is 0 Å². The molecule has 0 radical (unpaired) electrons. The molecule has 12 heavy (non-hydrogen) atoms. The molecule has 0 aromatic heterocycles. The van der Waals surface area contributed by atoms with Gasteiger partial charge in [0.15, 0.2) is 5.60 Å². The Labute approximate surface area is 73.0 Å². The van der Waals surface area contributed by atoms with E-state index in [4.69, 9.17) is 9.47 Å². The summed E-state index contributed by atoms with van der Waals surface area (Å²) in [6.45, 7) is 7.32. The first-order valence-electron chi connectivity index (χ1n) is 4.33. The Morgan fingerprint density at radius 2 is 1.92 bits per heavy atom. The zero-order chi connectivity index (χ0) is 9.41. The minimum absolute atomic E-state index is 0.241. The third-order valence-corrected chi connectivity index (χ3v) is 1.97. The third-order valence-electron chi connectivity index (χ3n) is 1.97. The van der Waals surface area contributed by atoms with Crippen molar-refractivity contribution in [2.24, 2.45) is 0 Å². The Morgan fingerprint density at radius 3 is 2.25 bits per heavy atom. The molecule has 1 fully saturated rings. The molecule has 1 atom stereocenters. The van der Waals surface area contributed by atoms with Crippen molar-refractivity contribution in [3.63, 3.8) is 0 Å². The normalized spacial score (nSPS) is 33.5. The van der Waals surface area contributed by atoms with E-state index < -0.39 is 11.4 Å². The molecule has 1 heterocycles. The maximum absolute atomic E-state index is 11.4. The lowest BCUT2D eigenvalue weighted by Gasteiger charge is -2.21. The smallest absolute Gasteiger partial charge is 0.340 e. The first kappa shape index (κ1) is 9.52. The van der Waals surface area contributed by atoms with E-state index in [0.717, 1.165) is 12.8 Å². The van der Waals surface area contributed by atoms with Crippen LogP contribution in [0.15, 0.2) is 0 Å². The van der Waals surface area contributed by atoms with Crippen LogP contribution in [0.3, 0.4) is 0 Å². The molecule has 1 aliphatic heterocycles. The Balaban J connectivity index is 2.74. The van der Waals surface area contributed by atoms with Gasteiger partial charge < -0.3 is 9.47 Å². The highest BCUT2D eigenvalue weighted by atomic mass is 16.8. The van der Waals surface area contributed by atoms with Crippen molar-refractivity contribution in [2.75, 3.05) is 0 Å². The maximum Gasteiger partial charge on any atom is 0.340 e. The fourth-order valence-electron chi connectivity index (χ4n) is 1.57. The summed E-state index contributed by atoms with van der Waals surface area (Å²) < 4.78 is 10.6. The summed E-state index contributed by atoms with van der Waals surface area (Å²) >= 11 is 0. The zero-order valence-electron chi connectivity index (χ0n) is 8.14. The summed E-state index contributed by atoms with van der Waals surface area (Å²) in [5.74, 6) is -0.990. The van der Waals surface area contributed by atoms with Gasteiger partial charge in [-0.25, -0.2) is 4.79 Å². The average Bonchev–Trinajstić information content (AvgIpc) is 2.02. The van der Waals surface area contributed by atoms with Gasteiger partial charge in [-0.05, 0) is 13.3 Å². The molecule has 0 aromatic rings. The molecule has 0 aliphatic carbocycles. The SMILES string of the molecule is CCCC1(C)OC(C)(C)OC1=O. The number of carbonyl (C=O) groups excluding carboxylic acids is 1. The van der Waals surface area contributed by atoms with Crippen molar-refractivity contribution in [1.29, 1.82) is 0 Å². The molecule has 1 saturated heterocycles. The third kappa shape index (κ3) is 1.61. The first-order valence-corrected chi connectivity index (χ1v) is 4.33. The van der Waals surface area contributed by atoms with E-state index in [9.17, 15) is 4.79 Å². The minimum Gasteiger partial charge on any atom is -0.432 e. The highest BCUT2D eigenvalue weighted by Gasteiger charge is 2.49. The van der Waals surface area contributed by atoms with Crippen molar-refractivity contribution in [3.8, 4) is 0 Å². The molecular formula is C9H16O3. The summed E-state index contributed by atoms with van der Waals surface area (Å²) in [7, 11) is 0. The second kappa shape index (κ2) is 2.73. The van der Waals surface area contributed by atoms with Gasteiger partial charge in [0.1, 0.15) is 0 Å². The van der Waals surface area contributed by atoms with Gasteiger partial charge in [0.25, 0.3) is 0 Å². The van der Waals surface area contributed by atoms with Crippen molar-refractivity contribution >= 4 is 5.97 Å². The van der Waals surface area contributed by atoms with Crippen LogP contribution in [0.1, 0.15) is 40.5 Å². The quantitative estimate of drug-likeness (QED) is 0.596. The molecule has 0 N–H and O–H groups in total. The number of carbonyl (C=O) groups is 1. The van der Waals surface area contributed by atoms with Gasteiger partial charge in [0.2, 0.25) is 5.79 Å². The molecule has 3 heteroatoms. The van der Waals surface area contributed by atoms with Crippen LogP contribution < -0.4 is 0 Å². The van der Waals surface area contributed by atoms with Crippen LogP contribution in [0.4, 0.5) is 0 Å². The number of hydrogen-bond acceptors (Lipinski definition) is 3. The van der Waals surface area contributed by atoms with Crippen LogP contribution in [-0.2, 0) is 14.3 Å². The molecule has 0 saturated carbocycles. The van der Waals surface area contributed by atoms with Crippen molar-refractivity contribution in [1.82, 2.24) is 0 Å². The lowest BCUT2D eigenvalue weighted by molar-refractivity contribution is -0.165. The molecule has 70 valence electrons. The highest BCUT2D eigenvalue weighted by molar-refractivity contribution is 5.80. The van der Waals surface area contributed by atoms with Gasteiger partial charge in [0, 0.05) is 13.8 Å².